The lowest BCUT2D eigenvalue weighted by atomic mass is 10.0. The monoisotopic (exact) mass is 360 g/mol. The Morgan fingerprint density at radius 3 is 2.65 bits per heavy atom. The second kappa shape index (κ2) is 6.03. The van der Waals surface area contributed by atoms with Gasteiger partial charge in [0.1, 0.15) is 5.82 Å². The van der Waals surface area contributed by atoms with Gasteiger partial charge in [-0.15, -0.1) is 0 Å². The Balaban J connectivity index is 1.88. The minimum absolute atomic E-state index is 0.00643. The van der Waals surface area contributed by atoms with Crippen molar-refractivity contribution in [2.24, 2.45) is 0 Å². The predicted molar refractivity (Wildman–Crippen MR) is 85.4 cm³/mol. The van der Waals surface area contributed by atoms with Gasteiger partial charge >= 0.3 is 0 Å². The summed E-state index contributed by atoms with van der Waals surface area (Å²) in [6, 6.07) is 3.83. The number of benzene rings is 1. The third-order valence-electron chi connectivity index (χ3n) is 4.62. The van der Waals surface area contributed by atoms with Crippen molar-refractivity contribution in [3.05, 3.63) is 34.6 Å². The highest BCUT2D eigenvalue weighted by atomic mass is 35.5. The Bertz CT molecular complexity index is 720. The molecule has 2 aliphatic heterocycles. The van der Waals surface area contributed by atoms with E-state index in [9.17, 15) is 17.6 Å². The van der Waals surface area contributed by atoms with Crippen LogP contribution in [0.15, 0.2) is 18.2 Å². The van der Waals surface area contributed by atoms with Crippen LogP contribution in [0.3, 0.4) is 0 Å². The summed E-state index contributed by atoms with van der Waals surface area (Å²) in [6.07, 6.45) is 0. The van der Waals surface area contributed by atoms with Crippen LogP contribution < -0.4 is 0 Å². The number of hydrogen-bond acceptors (Lipinski definition) is 4. The molecule has 0 saturated carbocycles. The maximum atomic E-state index is 14.0. The first-order valence-corrected chi connectivity index (χ1v) is 9.63. The van der Waals surface area contributed by atoms with E-state index in [1.54, 1.807) is 11.0 Å². The smallest absolute Gasteiger partial charge is 0.219 e. The van der Waals surface area contributed by atoms with E-state index >= 15 is 0 Å². The number of fused-ring (bicyclic) bond motifs is 1. The standard InChI is InChI=1S/C15H18ClFN2O3S/c1-10(20)19-6-5-18(14-8-23(21,22)9-15(14)19)7-11-12(16)3-2-4-13(11)17/h2-4,14-15H,5-9H2,1H3/t14-,15+/m0/s1. The molecule has 0 unspecified atom stereocenters. The van der Waals surface area contributed by atoms with Gasteiger partial charge in [0.2, 0.25) is 5.91 Å². The van der Waals surface area contributed by atoms with E-state index in [1.807, 2.05) is 4.90 Å². The Labute approximate surface area is 139 Å². The van der Waals surface area contributed by atoms with Crippen LogP contribution >= 0.6 is 11.6 Å². The van der Waals surface area contributed by atoms with Gasteiger partial charge in [-0.1, -0.05) is 17.7 Å². The van der Waals surface area contributed by atoms with Crippen molar-refractivity contribution in [2.75, 3.05) is 24.6 Å². The second-order valence-electron chi connectivity index (χ2n) is 6.09. The van der Waals surface area contributed by atoms with Crippen LogP contribution in [-0.2, 0) is 21.2 Å². The SMILES string of the molecule is CC(=O)N1CCN(Cc2c(F)cccc2Cl)[C@H]2CS(=O)(=O)C[C@H]21. The molecule has 2 aliphatic rings. The average Bonchev–Trinajstić information content (AvgIpc) is 2.77. The van der Waals surface area contributed by atoms with Gasteiger partial charge in [0.25, 0.3) is 0 Å². The fourth-order valence-electron chi connectivity index (χ4n) is 3.50. The summed E-state index contributed by atoms with van der Waals surface area (Å²) in [4.78, 5) is 15.3. The molecule has 3 rings (SSSR count). The Hall–Kier alpha value is -1.18. The van der Waals surface area contributed by atoms with E-state index in [4.69, 9.17) is 11.6 Å². The maximum absolute atomic E-state index is 14.0. The molecule has 1 aromatic rings. The summed E-state index contributed by atoms with van der Waals surface area (Å²) < 4.78 is 38.1. The zero-order chi connectivity index (χ0) is 16.8. The number of carbonyl (C=O) groups is 1. The van der Waals surface area contributed by atoms with Gasteiger partial charge in [0, 0.05) is 43.2 Å². The van der Waals surface area contributed by atoms with Gasteiger partial charge in [-0.3, -0.25) is 9.69 Å². The first-order valence-electron chi connectivity index (χ1n) is 7.43. The first kappa shape index (κ1) is 16.7. The second-order valence-corrected chi connectivity index (χ2v) is 8.66. The molecule has 23 heavy (non-hydrogen) atoms. The highest BCUT2D eigenvalue weighted by molar-refractivity contribution is 7.91. The van der Waals surface area contributed by atoms with Crippen molar-refractivity contribution >= 4 is 27.3 Å². The van der Waals surface area contributed by atoms with E-state index in [0.717, 1.165) is 0 Å². The van der Waals surface area contributed by atoms with Gasteiger partial charge < -0.3 is 4.90 Å². The van der Waals surface area contributed by atoms with E-state index in [2.05, 4.69) is 0 Å². The summed E-state index contributed by atoms with van der Waals surface area (Å²) in [5.41, 5.74) is 0.369. The molecule has 2 saturated heterocycles. The van der Waals surface area contributed by atoms with E-state index in [-0.39, 0.29) is 36.0 Å². The summed E-state index contributed by atoms with van der Waals surface area (Å²) in [7, 11) is -3.20. The molecular weight excluding hydrogens is 343 g/mol. The molecule has 0 N–H and O–H groups in total. The molecule has 0 spiro atoms. The predicted octanol–water partition coefficient (Wildman–Crippen LogP) is 1.31. The van der Waals surface area contributed by atoms with Crippen LogP contribution in [0, 0.1) is 5.82 Å². The van der Waals surface area contributed by atoms with E-state index in [0.29, 0.717) is 23.7 Å². The van der Waals surface area contributed by atoms with Crippen LogP contribution in [0.2, 0.25) is 5.02 Å². The van der Waals surface area contributed by atoms with Crippen LogP contribution in [0.5, 0.6) is 0 Å². The Morgan fingerprint density at radius 1 is 1.30 bits per heavy atom. The van der Waals surface area contributed by atoms with Gasteiger partial charge in [-0.25, -0.2) is 12.8 Å². The zero-order valence-electron chi connectivity index (χ0n) is 12.7. The van der Waals surface area contributed by atoms with Gasteiger partial charge in [-0.05, 0) is 12.1 Å². The summed E-state index contributed by atoms with van der Waals surface area (Å²) >= 11 is 6.08. The van der Waals surface area contributed by atoms with E-state index in [1.165, 1.54) is 19.1 Å². The van der Waals surface area contributed by atoms with Gasteiger partial charge in [0.15, 0.2) is 9.84 Å². The van der Waals surface area contributed by atoms with Gasteiger partial charge in [-0.2, -0.15) is 0 Å². The molecule has 2 fully saturated rings. The van der Waals surface area contributed by atoms with Crippen molar-refractivity contribution in [3.8, 4) is 0 Å². The topological polar surface area (TPSA) is 57.7 Å². The normalized spacial score (nSPS) is 27.0. The maximum Gasteiger partial charge on any atom is 0.219 e. The van der Waals surface area contributed by atoms with Gasteiger partial charge in [0.05, 0.1) is 17.5 Å². The third-order valence-corrected chi connectivity index (χ3v) is 6.67. The zero-order valence-corrected chi connectivity index (χ0v) is 14.3. The average molecular weight is 361 g/mol. The Morgan fingerprint density at radius 2 is 2.00 bits per heavy atom. The van der Waals surface area contributed by atoms with E-state index < -0.39 is 15.7 Å². The van der Waals surface area contributed by atoms with Crippen LogP contribution in [0.4, 0.5) is 4.39 Å². The minimum atomic E-state index is -3.20. The first-order chi connectivity index (χ1) is 10.8. The molecule has 0 aromatic heterocycles. The molecule has 126 valence electrons. The van der Waals surface area contributed by atoms with Crippen LogP contribution in [-0.4, -0.2) is 60.8 Å². The number of rotatable bonds is 2. The third kappa shape index (κ3) is 3.22. The summed E-state index contributed by atoms with van der Waals surface area (Å²) in [5.74, 6) is -0.559. The number of halogens is 2. The molecule has 5 nitrogen and oxygen atoms in total. The quantitative estimate of drug-likeness (QED) is 0.798. The molecule has 2 heterocycles. The number of hydrogen-bond donors (Lipinski definition) is 0. The minimum Gasteiger partial charge on any atom is -0.336 e. The Kier molecular flexibility index (Phi) is 4.37. The number of nitrogens with zero attached hydrogens (tertiary/aromatic N) is 2. The van der Waals surface area contributed by atoms with Crippen molar-refractivity contribution in [1.82, 2.24) is 9.80 Å². The summed E-state index contributed by atoms with van der Waals surface area (Å²) in [6.45, 7) is 2.64. The van der Waals surface area contributed by atoms with Crippen LogP contribution in [0.1, 0.15) is 12.5 Å². The van der Waals surface area contributed by atoms with Crippen LogP contribution in [0.25, 0.3) is 0 Å². The van der Waals surface area contributed by atoms with Crippen molar-refractivity contribution in [1.29, 1.82) is 0 Å². The fraction of sp³-hybridized carbons (Fsp3) is 0.533. The molecule has 0 radical (unpaired) electrons. The highest BCUT2D eigenvalue weighted by Gasteiger charge is 2.47. The number of carbonyl (C=O) groups excluding carboxylic acids is 1. The molecule has 0 bridgehead atoms. The van der Waals surface area contributed by atoms with Crippen molar-refractivity contribution < 1.29 is 17.6 Å². The molecular formula is C15H18ClFN2O3S. The largest absolute Gasteiger partial charge is 0.336 e. The molecule has 0 aliphatic carbocycles. The molecule has 8 heteroatoms. The lowest BCUT2D eigenvalue weighted by Crippen LogP contribution is -2.59. The molecule has 1 aromatic carbocycles. The number of sulfone groups is 1. The fourth-order valence-corrected chi connectivity index (χ4v) is 5.73. The number of piperazine rings is 1. The molecule has 1 amide bonds. The lowest BCUT2D eigenvalue weighted by Gasteiger charge is -2.43. The highest BCUT2D eigenvalue weighted by Crippen LogP contribution is 2.30. The van der Waals surface area contributed by atoms with Crippen molar-refractivity contribution in [2.45, 2.75) is 25.6 Å². The molecule has 2 atom stereocenters. The number of amides is 1. The van der Waals surface area contributed by atoms with Crippen molar-refractivity contribution in [3.63, 3.8) is 0 Å². The summed E-state index contributed by atoms with van der Waals surface area (Å²) in [5, 5.41) is 0.330. The lowest BCUT2D eigenvalue weighted by molar-refractivity contribution is -0.134.